The SMILES string of the molecule is CCOCCCOC(=O)[C@@H](c1ccccc1F)N1CCOCC1. The fourth-order valence-electron chi connectivity index (χ4n) is 2.56. The molecule has 0 amide bonds. The topological polar surface area (TPSA) is 48.0 Å². The predicted molar refractivity (Wildman–Crippen MR) is 83.6 cm³/mol. The maximum Gasteiger partial charge on any atom is 0.328 e. The summed E-state index contributed by atoms with van der Waals surface area (Å²) in [6.07, 6.45) is 0.632. The van der Waals surface area contributed by atoms with Crippen LogP contribution >= 0.6 is 0 Å². The minimum atomic E-state index is -0.729. The van der Waals surface area contributed by atoms with Crippen LogP contribution in [0.3, 0.4) is 0 Å². The molecule has 0 aromatic heterocycles. The fraction of sp³-hybridized carbons (Fsp3) is 0.588. The number of hydrogen-bond donors (Lipinski definition) is 0. The zero-order valence-corrected chi connectivity index (χ0v) is 13.5. The number of carbonyl (C=O) groups is 1. The number of halogens is 1. The van der Waals surface area contributed by atoms with E-state index in [1.165, 1.54) is 6.07 Å². The van der Waals surface area contributed by atoms with Crippen molar-refractivity contribution in [3.63, 3.8) is 0 Å². The largest absolute Gasteiger partial charge is 0.464 e. The molecule has 1 heterocycles. The van der Waals surface area contributed by atoms with Gasteiger partial charge in [0.1, 0.15) is 11.9 Å². The van der Waals surface area contributed by atoms with Crippen molar-refractivity contribution >= 4 is 5.97 Å². The Balaban J connectivity index is 2.04. The highest BCUT2D eigenvalue weighted by Gasteiger charge is 2.32. The smallest absolute Gasteiger partial charge is 0.328 e. The molecule has 0 unspecified atom stereocenters. The highest BCUT2D eigenvalue weighted by molar-refractivity contribution is 5.77. The van der Waals surface area contributed by atoms with E-state index in [-0.39, 0.29) is 6.61 Å². The Morgan fingerprint density at radius 2 is 2.04 bits per heavy atom. The lowest BCUT2D eigenvalue weighted by Gasteiger charge is -2.33. The van der Waals surface area contributed by atoms with Gasteiger partial charge in [-0.25, -0.2) is 9.18 Å². The van der Waals surface area contributed by atoms with Crippen LogP contribution in [0.1, 0.15) is 24.9 Å². The number of hydrogen-bond acceptors (Lipinski definition) is 5. The first-order chi connectivity index (χ1) is 11.2. The molecule has 0 aliphatic carbocycles. The lowest BCUT2D eigenvalue weighted by Crippen LogP contribution is -2.43. The van der Waals surface area contributed by atoms with Crippen LogP contribution in [0.4, 0.5) is 4.39 Å². The maximum atomic E-state index is 14.2. The first-order valence-electron chi connectivity index (χ1n) is 8.04. The van der Waals surface area contributed by atoms with E-state index in [9.17, 15) is 9.18 Å². The summed E-state index contributed by atoms with van der Waals surface area (Å²) < 4.78 is 30.0. The monoisotopic (exact) mass is 325 g/mol. The molecule has 0 N–H and O–H groups in total. The van der Waals surface area contributed by atoms with Crippen molar-refractivity contribution in [2.75, 3.05) is 46.1 Å². The van der Waals surface area contributed by atoms with E-state index in [1.54, 1.807) is 18.2 Å². The van der Waals surface area contributed by atoms with Crippen molar-refractivity contribution in [1.29, 1.82) is 0 Å². The lowest BCUT2D eigenvalue weighted by molar-refractivity contribution is -0.152. The molecule has 1 aromatic carbocycles. The van der Waals surface area contributed by atoms with Gasteiger partial charge in [-0.1, -0.05) is 18.2 Å². The zero-order chi connectivity index (χ0) is 16.5. The quantitative estimate of drug-likeness (QED) is 0.541. The van der Waals surface area contributed by atoms with E-state index in [4.69, 9.17) is 14.2 Å². The van der Waals surface area contributed by atoms with Gasteiger partial charge in [-0.2, -0.15) is 0 Å². The van der Waals surface area contributed by atoms with E-state index >= 15 is 0 Å². The van der Waals surface area contributed by atoms with Gasteiger partial charge in [0, 0.05) is 38.3 Å². The standard InChI is InChI=1S/C17H24FNO4/c1-2-21-10-5-11-23-17(20)16(19-8-12-22-13-9-19)14-6-3-4-7-15(14)18/h3-4,6-7,16H,2,5,8-13H2,1H3/t16-/m1/s1. The second-order valence-electron chi connectivity index (χ2n) is 5.29. The highest BCUT2D eigenvalue weighted by Crippen LogP contribution is 2.25. The van der Waals surface area contributed by atoms with Gasteiger partial charge in [0.2, 0.25) is 0 Å². The van der Waals surface area contributed by atoms with Gasteiger partial charge in [0.15, 0.2) is 0 Å². The van der Waals surface area contributed by atoms with E-state index < -0.39 is 17.8 Å². The molecule has 0 bridgehead atoms. The molecule has 5 nitrogen and oxygen atoms in total. The summed E-state index contributed by atoms with van der Waals surface area (Å²) in [5, 5.41) is 0. The Kier molecular flexibility index (Phi) is 7.45. The van der Waals surface area contributed by atoms with E-state index in [0.29, 0.717) is 51.5 Å². The molecule has 0 saturated carbocycles. The van der Waals surface area contributed by atoms with Crippen molar-refractivity contribution in [2.45, 2.75) is 19.4 Å². The van der Waals surface area contributed by atoms with Gasteiger partial charge in [-0.05, 0) is 13.0 Å². The molecule has 1 aromatic rings. The van der Waals surface area contributed by atoms with Crippen LogP contribution in [0.25, 0.3) is 0 Å². The van der Waals surface area contributed by atoms with E-state index in [0.717, 1.165) is 0 Å². The van der Waals surface area contributed by atoms with Crippen molar-refractivity contribution in [2.24, 2.45) is 0 Å². The van der Waals surface area contributed by atoms with Crippen LogP contribution in [0.15, 0.2) is 24.3 Å². The Hall–Kier alpha value is -1.50. The molecule has 23 heavy (non-hydrogen) atoms. The molecule has 128 valence electrons. The van der Waals surface area contributed by atoms with Gasteiger partial charge < -0.3 is 14.2 Å². The summed E-state index contributed by atoms with van der Waals surface area (Å²) in [6.45, 7) is 5.59. The Morgan fingerprint density at radius 1 is 1.30 bits per heavy atom. The number of nitrogens with zero attached hydrogens (tertiary/aromatic N) is 1. The Labute approximate surface area is 136 Å². The van der Waals surface area contributed by atoms with Crippen LogP contribution in [0, 0.1) is 5.82 Å². The van der Waals surface area contributed by atoms with Crippen LogP contribution < -0.4 is 0 Å². The number of benzene rings is 1. The average Bonchev–Trinajstić information content (AvgIpc) is 2.58. The number of ether oxygens (including phenoxy) is 3. The molecule has 6 heteroatoms. The molecule has 1 aliphatic heterocycles. The minimum absolute atomic E-state index is 0.272. The molecule has 2 rings (SSSR count). The van der Waals surface area contributed by atoms with E-state index in [1.807, 2.05) is 11.8 Å². The summed E-state index contributed by atoms with van der Waals surface area (Å²) in [6, 6.07) is 5.62. The summed E-state index contributed by atoms with van der Waals surface area (Å²) in [4.78, 5) is 14.4. The fourth-order valence-corrected chi connectivity index (χ4v) is 2.56. The number of esters is 1. The number of morpholine rings is 1. The Morgan fingerprint density at radius 3 is 2.74 bits per heavy atom. The van der Waals surface area contributed by atoms with E-state index in [2.05, 4.69) is 0 Å². The number of carbonyl (C=O) groups excluding carboxylic acids is 1. The van der Waals surface area contributed by atoms with Crippen molar-refractivity contribution in [3.8, 4) is 0 Å². The zero-order valence-electron chi connectivity index (χ0n) is 13.5. The third kappa shape index (κ3) is 5.27. The van der Waals surface area contributed by atoms with Gasteiger partial charge in [-0.15, -0.1) is 0 Å². The normalized spacial score (nSPS) is 17.0. The van der Waals surface area contributed by atoms with Crippen LogP contribution in [-0.4, -0.2) is 57.0 Å². The molecule has 1 fully saturated rings. The lowest BCUT2D eigenvalue weighted by atomic mass is 10.0. The summed E-state index contributed by atoms with van der Waals surface area (Å²) in [5.41, 5.74) is 0.351. The molecule has 0 spiro atoms. The molecule has 0 radical (unpaired) electrons. The molecule has 1 aliphatic rings. The average molecular weight is 325 g/mol. The van der Waals surface area contributed by atoms with Crippen LogP contribution in [0.2, 0.25) is 0 Å². The Bertz CT molecular complexity index is 491. The van der Waals surface area contributed by atoms with Gasteiger partial charge in [0.25, 0.3) is 0 Å². The first-order valence-corrected chi connectivity index (χ1v) is 8.04. The van der Waals surface area contributed by atoms with Gasteiger partial charge in [0.05, 0.1) is 19.8 Å². The number of rotatable bonds is 8. The minimum Gasteiger partial charge on any atom is -0.464 e. The maximum absolute atomic E-state index is 14.2. The predicted octanol–water partition coefficient (Wildman–Crippen LogP) is 2.17. The van der Waals surface area contributed by atoms with Gasteiger partial charge in [-0.3, -0.25) is 4.90 Å². The van der Waals surface area contributed by atoms with Crippen molar-refractivity contribution in [1.82, 2.24) is 4.90 Å². The highest BCUT2D eigenvalue weighted by atomic mass is 19.1. The summed E-state index contributed by atoms with van der Waals surface area (Å²) in [7, 11) is 0. The third-order valence-corrected chi connectivity index (χ3v) is 3.72. The molecular weight excluding hydrogens is 301 g/mol. The van der Waals surface area contributed by atoms with Crippen molar-refractivity contribution < 1.29 is 23.4 Å². The summed E-state index contributed by atoms with van der Waals surface area (Å²) in [5.74, 6) is -0.816. The molecule has 1 atom stereocenters. The second-order valence-corrected chi connectivity index (χ2v) is 5.29. The molecular formula is C17H24FNO4. The van der Waals surface area contributed by atoms with Crippen LogP contribution in [0.5, 0.6) is 0 Å². The van der Waals surface area contributed by atoms with Crippen molar-refractivity contribution in [3.05, 3.63) is 35.6 Å². The molecule has 1 saturated heterocycles. The first kappa shape index (κ1) is 17.8. The summed E-state index contributed by atoms with van der Waals surface area (Å²) >= 11 is 0. The second kappa shape index (κ2) is 9.60. The van der Waals surface area contributed by atoms with Crippen LogP contribution in [-0.2, 0) is 19.0 Å². The van der Waals surface area contributed by atoms with Gasteiger partial charge >= 0.3 is 5.97 Å². The third-order valence-electron chi connectivity index (χ3n) is 3.72.